The van der Waals surface area contributed by atoms with Gasteiger partial charge in [-0.2, -0.15) is 16.8 Å². The number of amides is 2. The molecule has 0 spiro atoms. The highest BCUT2D eigenvalue weighted by Crippen LogP contribution is 2.23. The highest BCUT2D eigenvalue weighted by atomic mass is 32.2. The van der Waals surface area contributed by atoms with Gasteiger partial charge in [0.2, 0.25) is 0 Å². The zero-order chi connectivity index (χ0) is 26.5. The van der Waals surface area contributed by atoms with Crippen LogP contribution in [0.25, 0.3) is 0 Å². The second kappa shape index (κ2) is 10.7. The highest BCUT2D eigenvalue weighted by Gasteiger charge is 2.17. The number of aryl methyl sites for hydroxylation is 1. The summed E-state index contributed by atoms with van der Waals surface area (Å²) in [6.45, 7) is 1.85. The van der Waals surface area contributed by atoms with E-state index in [1.54, 1.807) is 30.3 Å². The fourth-order valence-electron chi connectivity index (χ4n) is 3.12. The molecular weight excluding hydrogens is 516 g/mol. The Labute approximate surface area is 214 Å². The molecule has 0 saturated carbocycles. The fraction of sp³-hybridized carbons (Fsp3) is 0.0385. The quantitative estimate of drug-likeness (QED) is 0.296. The summed E-state index contributed by atoms with van der Waals surface area (Å²) in [4.78, 5) is 12.4. The van der Waals surface area contributed by atoms with E-state index in [0.29, 0.717) is 11.4 Å². The van der Waals surface area contributed by atoms with E-state index >= 15 is 0 Å². The molecule has 2 N–H and O–H groups in total. The van der Waals surface area contributed by atoms with Gasteiger partial charge in [-0.15, -0.1) is 0 Å². The molecule has 0 heterocycles. The number of hydrogen-bond donors (Lipinski definition) is 2. The number of rotatable bonds is 8. The molecule has 0 bridgehead atoms. The molecule has 0 radical (unpaired) electrons. The van der Waals surface area contributed by atoms with E-state index in [0.717, 1.165) is 5.56 Å². The predicted molar refractivity (Wildman–Crippen MR) is 139 cm³/mol. The van der Waals surface area contributed by atoms with Crippen LogP contribution in [0.2, 0.25) is 0 Å². The Morgan fingerprint density at radius 1 is 0.568 bits per heavy atom. The van der Waals surface area contributed by atoms with Gasteiger partial charge >= 0.3 is 26.3 Å². The molecule has 0 fully saturated rings. The van der Waals surface area contributed by atoms with E-state index in [1.165, 1.54) is 72.8 Å². The second-order valence-electron chi connectivity index (χ2n) is 7.83. The highest BCUT2D eigenvalue weighted by molar-refractivity contribution is 7.87. The standard InChI is InChI=1S/C26H22N2O7S2/c1-19-7-17-25(18-8-19)37(32,33)35-23-15-11-21(12-16-23)28-26(29)27-20-9-13-22(14-10-20)34-36(30,31)24-5-3-2-4-6-24/h2-18H,1H3,(H2,27,28,29). The minimum absolute atomic E-state index is 0.0285. The zero-order valence-corrected chi connectivity index (χ0v) is 21.1. The Bertz CT molecular complexity index is 1590. The first-order valence-corrected chi connectivity index (χ1v) is 13.7. The second-order valence-corrected chi connectivity index (χ2v) is 10.9. The van der Waals surface area contributed by atoms with Gasteiger partial charge in [0.15, 0.2) is 0 Å². The van der Waals surface area contributed by atoms with Crippen molar-refractivity contribution in [1.82, 2.24) is 0 Å². The van der Waals surface area contributed by atoms with Gasteiger partial charge in [-0.3, -0.25) is 0 Å². The molecule has 0 unspecified atom stereocenters. The van der Waals surface area contributed by atoms with Crippen LogP contribution in [0.1, 0.15) is 5.56 Å². The normalized spacial score (nSPS) is 11.4. The van der Waals surface area contributed by atoms with Crippen molar-refractivity contribution in [1.29, 1.82) is 0 Å². The molecule has 0 aliphatic heterocycles. The van der Waals surface area contributed by atoms with E-state index in [1.807, 2.05) is 6.92 Å². The fourth-order valence-corrected chi connectivity index (χ4v) is 5.00. The van der Waals surface area contributed by atoms with Gasteiger partial charge in [-0.25, -0.2) is 4.79 Å². The van der Waals surface area contributed by atoms with Gasteiger partial charge in [0.05, 0.1) is 0 Å². The molecule has 0 saturated heterocycles. The molecule has 190 valence electrons. The molecule has 11 heteroatoms. The summed E-state index contributed by atoms with van der Waals surface area (Å²) >= 11 is 0. The van der Waals surface area contributed by atoms with Gasteiger partial charge in [0, 0.05) is 11.4 Å². The smallest absolute Gasteiger partial charge is 0.339 e. The van der Waals surface area contributed by atoms with Crippen molar-refractivity contribution in [3.05, 3.63) is 109 Å². The number of urea groups is 1. The van der Waals surface area contributed by atoms with E-state index < -0.39 is 26.3 Å². The van der Waals surface area contributed by atoms with Crippen LogP contribution in [0.5, 0.6) is 11.5 Å². The summed E-state index contributed by atoms with van der Waals surface area (Å²) in [6.07, 6.45) is 0. The number of hydrogen-bond acceptors (Lipinski definition) is 7. The first-order chi connectivity index (χ1) is 17.6. The molecule has 0 aliphatic carbocycles. The van der Waals surface area contributed by atoms with Crippen LogP contribution in [0.4, 0.5) is 16.2 Å². The summed E-state index contributed by atoms with van der Waals surface area (Å²) < 4.78 is 59.7. The van der Waals surface area contributed by atoms with Crippen molar-refractivity contribution in [2.45, 2.75) is 16.7 Å². The summed E-state index contributed by atoms with van der Waals surface area (Å²) in [6, 6.07) is 25.1. The monoisotopic (exact) mass is 538 g/mol. The van der Waals surface area contributed by atoms with Crippen molar-refractivity contribution in [2.24, 2.45) is 0 Å². The van der Waals surface area contributed by atoms with Crippen molar-refractivity contribution in [3.63, 3.8) is 0 Å². The molecular formula is C26H22N2O7S2. The molecule has 2 amide bonds. The predicted octanol–water partition coefficient (Wildman–Crippen LogP) is 5.17. The van der Waals surface area contributed by atoms with E-state index in [-0.39, 0.29) is 21.3 Å². The van der Waals surface area contributed by atoms with Gasteiger partial charge in [0.25, 0.3) is 0 Å². The lowest BCUT2D eigenvalue weighted by Gasteiger charge is -2.11. The lowest BCUT2D eigenvalue weighted by Crippen LogP contribution is -2.19. The summed E-state index contributed by atoms with van der Waals surface area (Å²) in [5, 5.41) is 5.22. The van der Waals surface area contributed by atoms with Crippen LogP contribution in [-0.4, -0.2) is 22.9 Å². The van der Waals surface area contributed by atoms with Gasteiger partial charge < -0.3 is 19.0 Å². The molecule has 4 aromatic carbocycles. The third kappa shape index (κ3) is 6.87. The Morgan fingerprint density at radius 2 is 0.973 bits per heavy atom. The van der Waals surface area contributed by atoms with Crippen LogP contribution < -0.4 is 19.0 Å². The Kier molecular flexibility index (Phi) is 7.46. The Hall–Kier alpha value is -4.35. The lowest BCUT2D eigenvalue weighted by molar-refractivity contribution is 0.262. The lowest BCUT2D eigenvalue weighted by atomic mass is 10.2. The van der Waals surface area contributed by atoms with Gasteiger partial charge in [-0.1, -0.05) is 35.9 Å². The van der Waals surface area contributed by atoms with E-state index in [9.17, 15) is 21.6 Å². The largest absolute Gasteiger partial charge is 0.379 e. The van der Waals surface area contributed by atoms with Gasteiger partial charge in [-0.05, 0) is 79.7 Å². The maximum atomic E-state index is 12.4. The third-order valence-electron chi connectivity index (χ3n) is 4.98. The molecule has 37 heavy (non-hydrogen) atoms. The van der Waals surface area contributed by atoms with Crippen LogP contribution in [0.3, 0.4) is 0 Å². The third-order valence-corrected chi connectivity index (χ3v) is 7.50. The number of nitrogens with one attached hydrogen (secondary N) is 2. The number of carbonyl (C=O) groups is 1. The number of carbonyl (C=O) groups excluding carboxylic acids is 1. The SMILES string of the molecule is Cc1ccc(S(=O)(=O)Oc2ccc(NC(=O)Nc3ccc(OS(=O)(=O)c4ccccc4)cc3)cc2)cc1. The summed E-state index contributed by atoms with van der Waals surface area (Å²) in [5.41, 5.74) is 1.71. The average molecular weight is 539 g/mol. The molecule has 0 aromatic heterocycles. The Balaban J connectivity index is 1.32. The minimum Gasteiger partial charge on any atom is -0.379 e. The minimum atomic E-state index is -3.99. The maximum Gasteiger partial charge on any atom is 0.339 e. The van der Waals surface area contributed by atoms with Crippen LogP contribution in [0, 0.1) is 6.92 Å². The first-order valence-electron chi connectivity index (χ1n) is 10.9. The molecule has 0 aliphatic rings. The van der Waals surface area contributed by atoms with Crippen LogP contribution >= 0.6 is 0 Å². The molecule has 9 nitrogen and oxygen atoms in total. The first kappa shape index (κ1) is 25.7. The van der Waals surface area contributed by atoms with Gasteiger partial charge in [0.1, 0.15) is 21.3 Å². The molecule has 0 atom stereocenters. The summed E-state index contributed by atoms with van der Waals surface area (Å²) in [5.74, 6) is 0.179. The van der Waals surface area contributed by atoms with Crippen molar-refractivity contribution < 1.29 is 30.0 Å². The van der Waals surface area contributed by atoms with E-state index in [4.69, 9.17) is 8.37 Å². The Morgan fingerprint density at radius 3 is 1.41 bits per heavy atom. The van der Waals surface area contributed by atoms with Crippen molar-refractivity contribution in [3.8, 4) is 11.5 Å². The van der Waals surface area contributed by atoms with Crippen molar-refractivity contribution >= 4 is 37.6 Å². The zero-order valence-electron chi connectivity index (χ0n) is 19.5. The van der Waals surface area contributed by atoms with Crippen LogP contribution in [-0.2, 0) is 20.2 Å². The molecule has 4 aromatic rings. The number of benzene rings is 4. The maximum absolute atomic E-state index is 12.4. The molecule has 4 rings (SSSR count). The average Bonchev–Trinajstić information content (AvgIpc) is 2.87. The van der Waals surface area contributed by atoms with Crippen LogP contribution in [0.15, 0.2) is 113 Å². The topological polar surface area (TPSA) is 128 Å². The van der Waals surface area contributed by atoms with E-state index in [2.05, 4.69) is 10.6 Å². The summed E-state index contributed by atoms with van der Waals surface area (Å²) in [7, 11) is -7.96. The van der Waals surface area contributed by atoms with Crippen molar-refractivity contribution in [2.75, 3.05) is 10.6 Å². The number of anilines is 2.